The van der Waals surface area contributed by atoms with E-state index < -0.39 is 67.6 Å². The second kappa shape index (κ2) is 9.44. The van der Waals surface area contributed by atoms with Crippen LogP contribution < -0.4 is 14.8 Å². The summed E-state index contributed by atoms with van der Waals surface area (Å²) in [5, 5.41) is 8.65. The monoisotopic (exact) mass is 516 g/mol. The Morgan fingerprint density at radius 1 is 1.09 bits per heavy atom. The zero-order valence-electron chi connectivity index (χ0n) is 18.3. The third-order valence-corrected chi connectivity index (χ3v) is 5.79. The molecule has 0 aliphatic heterocycles. The molecule has 0 spiro atoms. The van der Waals surface area contributed by atoms with Gasteiger partial charge in [0.25, 0.3) is 11.8 Å². The Morgan fingerprint density at radius 3 is 2.29 bits per heavy atom. The van der Waals surface area contributed by atoms with Gasteiger partial charge in [-0.2, -0.15) is 13.2 Å². The molecule has 0 fully saturated rings. The molecule has 3 aromatic rings. The lowest BCUT2D eigenvalue weighted by atomic mass is 10.1. The van der Waals surface area contributed by atoms with Crippen molar-refractivity contribution in [2.75, 3.05) is 18.7 Å². The van der Waals surface area contributed by atoms with Gasteiger partial charge in [-0.3, -0.25) is 4.79 Å². The molecule has 2 N–H and O–H groups in total. The number of hydrogen-bond donors (Lipinski definition) is 2. The summed E-state index contributed by atoms with van der Waals surface area (Å²) in [6, 6.07) is 6.73. The zero-order valence-corrected chi connectivity index (χ0v) is 19.1. The maximum atomic E-state index is 14.4. The number of anilines is 1. The van der Waals surface area contributed by atoms with Crippen molar-refractivity contribution in [3.63, 3.8) is 0 Å². The second-order valence-corrected chi connectivity index (χ2v) is 9.33. The maximum absolute atomic E-state index is 14.4. The summed E-state index contributed by atoms with van der Waals surface area (Å²) in [7, 11) is -2.16. The number of ether oxygens (including phenoxy) is 2. The Labute approximate surface area is 196 Å². The highest BCUT2D eigenvalue weighted by atomic mass is 32.2. The van der Waals surface area contributed by atoms with Gasteiger partial charge in [0.2, 0.25) is 11.5 Å². The Bertz CT molecular complexity index is 1410. The van der Waals surface area contributed by atoms with E-state index in [1.165, 1.54) is 24.3 Å². The van der Waals surface area contributed by atoms with E-state index >= 15 is 0 Å². The Balaban J connectivity index is 2.14. The van der Waals surface area contributed by atoms with Crippen LogP contribution >= 0.6 is 0 Å². The summed E-state index contributed by atoms with van der Waals surface area (Å²) < 4.78 is 98.3. The molecule has 14 heteroatoms. The lowest BCUT2D eigenvalue weighted by Crippen LogP contribution is -2.21. The fraction of sp³-hybridized carbons (Fsp3) is 0.190. The number of halogens is 5. The molecule has 35 heavy (non-hydrogen) atoms. The smallest absolute Gasteiger partial charge is 0.435 e. The summed E-state index contributed by atoms with van der Waals surface area (Å²) in [4.78, 5) is 13.1. The van der Waals surface area contributed by atoms with Gasteiger partial charge in [-0.1, -0.05) is 6.07 Å². The molecule has 186 valence electrons. The molecular weight excluding hydrogens is 499 g/mol. The highest BCUT2D eigenvalue weighted by molar-refractivity contribution is 7.91. The van der Waals surface area contributed by atoms with Crippen LogP contribution in [0.3, 0.4) is 0 Å². The lowest BCUT2D eigenvalue weighted by molar-refractivity contribution is -0.142. The van der Waals surface area contributed by atoms with Gasteiger partial charge < -0.3 is 14.8 Å². The zero-order chi connectivity index (χ0) is 26.1. The van der Waals surface area contributed by atoms with Crippen molar-refractivity contribution >= 4 is 21.3 Å². The van der Waals surface area contributed by atoms with Crippen molar-refractivity contribution < 1.29 is 40.4 Å². The Morgan fingerprint density at radius 2 is 1.71 bits per heavy atom. The van der Waals surface area contributed by atoms with Crippen LogP contribution in [0.5, 0.6) is 17.4 Å². The minimum absolute atomic E-state index is 0.000405. The molecule has 0 bridgehead atoms. The normalized spacial score (nSPS) is 13.1. The predicted octanol–water partition coefficient (Wildman–Crippen LogP) is 5.17. The number of carbonyl (C=O) groups is 1. The number of amides is 1. The third kappa shape index (κ3) is 5.48. The van der Waals surface area contributed by atoms with Crippen molar-refractivity contribution in [3.8, 4) is 17.4 Å². The van der Waals surface area contributed by atoms with Crippen LogP contribution in [0.2, 0.25) is 0 Å². The molecule has 0 saturated carbocycles. The first-order chi connectivity index (χ1) is 16.2. The number of nitrogens with one attached hydrogen (secondary N) is 2. The van der Waals surface area contributed by atoms with Crippen LogP contribution in [-0.4, -0.2) is 33.7 Å². The van der Waals surface area contributed by atoms with E-state index in [-0.39, 0.29) is 10.6 Å². The van der Waals surface area contributed by atoms with Gasteiger partial charge in [-0.15, -0.1) is 10.2 Å². The van der Waals surface area contributed by atoms with Crippen LogP contribution in [0.15, 0.2) is 41.3 Å². The SMILES string of the molecule is COc1c(F)ccc(F)c1Oc1nnc(C(F)(F)F)c(C)c1C(=O)Nc1cccc(S(C)(=N)=O)c1. The molecule has 3 rings (SSSR count). The minimum atomic E-state index is -4.99. The molecule has 0 radical (unpaired) electrons. The molecule has 2 aromatic carbocycles. The number of nitrogens with zero attached hydrogens (tertiary/aromatic N) is 2. The summed E-state index contributed by atoms with van der Waals surface area (Å²) in [6.07, 6.45) is -3.85. The van der Waals surface area contributed by atoms with Gasteiger partial charge >= 0.3 is 6.18 Å². The minimum Gasteiger partial charge on any atom is -0.490 e. The van der Waals surface area contributed by atoms with Gasteiger partial charge in [-0.25, -0.2) is 17.8 Å². The van der Waals surface area contributed by atoms with E-state index in [1.807, 2.05) is 0 Å². The van der Waals surface area contributed by atoms with Crippen LogP contribution in [0, 0.1) is 23.3 Å². The largest absolute Gasteiger partial charge is 0.490 e. The Hall–Kier alpha value is -3.81. The Kier molecular flexibility index (Phi) is 6.96. The number of hydrogen-bond acceptors (Lipinski definition) is 7. The van der Waals surface area contributed by atoms with E-state index in [4.69, 9.17) is 14.3 Å². The first-order valence-electron chi connectivity index (χ1n) is 9.53. The number of alkyl halides is 3. The van der Waals surface area contributed by atoms with Gasteiger partial charge in [0.1, 0.15) is 5.56 Å². The highest BCUT2D eigenvalue weighted by Gasteiger charge is 2.38. The molecule has 1 aromatic heterocycles. The summed E-state index contributed by atoms with van der Waals surface area (Å²) in [5.74, 6) is -5.78. The standard InChI is InChI=1S/C21H17F5N4O4S/c1-10-15(19(31)28-11-5-4-6-12(9-11)35(3,27)32)20(30-29-18(10)21(24,25)26)34-17-14(23)8-7-13(22)16(17)33-2/h4-9,27H,1-3H3,(H,28,31). The molecule has 0 aliphatic carbocycles. The van der Waals surface area contributed by atoms with Crippen molar-refractivity contribution in [1.82, 2.24) is 10.2 Å². The predicted molar refractivity (Wildman–Crippen MR) is 114 cm³/mol. The molecule has 0 saturated heterocycles. The lowest BCUT2D eigenvalue weighted by Gasteiger charge is -2.17. The van der Waals surface area contributed by atoms with E-state index in [1.54, 1.807) is 0 Å². The average Bonchev–Trinajstić information content (AvgIpc) is 2.75. The number of carbonyl (C=O) groups excluding carboxylic acids is 1. The topological polar surface area (TPSA) is 114 Å². The molecule has 1 heterocycles. The maximum Gasteiger partial charge on any atom is 0.435 e. The van der Waals surface area contributed by atoms with Crippen molar-refractivity contribution in [1.29, 1.82) is 4.78 Å². The molecule has 0 aliphatic rings. The quantitative estimate of drug-likeness (QED) is 0.437. The van der Waals surface area contributed by atoms with Crippen molar-refractivity contribution in [2.24, 2.45) is 0 Å². The van der Waals surface area contributed by atoms with Gasteiger partial charge in [0, 0.05) is 16.8 Å². The van der Waals surface area contributed by atoms with E-state index in [2.05, 4.69) is 15.5 Å². The van der Waals surface area contributed by atoms with Crippen LogP contribution in [0.4, 0.5) is 27.6 Å². The number of benzene rings is 2. The number of rotatable bonds is 6. The average molecular weight is 516 g/mol. The van der Waals surface area contributed by atoms with Crippen LogP contribution in [0.1, 0.15) is 21.6 Å². The van der Waals surface area contributed by atoms with E-state index in [0.717, 1.165) is 26.4 Å². The summed E-state index contributed by atoms with van der Waals surface area (Å²) >= 11 is 0. The fourth-order valence-electron chi connectivity index (χ4n) is 3.01. The third-order valence-electron chi connectivity index (χ3n) is 4.64. The number of methoxy groups -OCH3 is 1. The molecular formula is C21H17F5N4O4S. The first kappa shape index (κ1) is 25.8. The number of aromatic nitrogens is 2. The summed E-state index contributed by atoms with van der Waals surface area (Å²) in [6.45, 7) is 0.928. The molecule has 1 amide bonds. The molecule has 8 nitrogen and oxygen atoms in total. The van der Waals surface area contributed by atoms with Crippen LogP contribution in [-0.2, 0) is 15.9 Å². The van der Waals surface area contributed by atoms with Gasteiger partial charge in [-0.05, 0) is 42.8 Å². The van der Waals surface area contributed by atoms with E-state index in [9.17, 15) is 31.0 Å². The van der Waals surface area contributed by atoms with Crippen molar-refractivity contribution in [2.45, 2.75) is 18.0 Å². The second-order valence-electron chi connectivity index (χ2n) is 7.17. The molecule has 1 atom stereocenters. The highest BCUT2D eigenvalue weighted by Crippen LogP contribution is 2.39. The van der Waals surface area contributed by atoms with Crippen LogP contribution in [0.25, 0.3) is 0 Å². The fourth-order valence-corrected chi connectivity index (χ4v) is 3.70. The van der Waals surface area contributed by atoms with E-state index in [0.29, 0.717) is 6.07 Å². The van der Waals surface area contributed by atoms with Gasteiger partial charge in [0.05, 0.1) is 16.8 Å². The summed E-state index contributed by atoms with van der Waals surface area (Å²) in [5.41, 5.74) is -2.98. The first-order valence-corrected chi connectivity index (χ1v) is 11.5. The van der Waals surface area contributed by atoms with Gasteiger partial charge in [0.15, 0.2) is 17.3 Å². The molecule has 1 unspecified atom stereocenters. The van der Waals surface area contributed by atoms with Crippen molar-refractivity contribution in [3.05, 3.63) is 64.9 Å².